The maximum atomic E-state index is 13.1. The summed E-state index contributed by atoms with van der Waals surface area (Å²) >= 11 is 6.04. The van der Waals surface area contributed by atoms with Gasteiger partial charge in [0.1, 0.15) is 6.04 Å². The number of nitrogens with zero attached hydrogens (tertiary/aromatic N) is 3. The first-order valence-electron chi connectivity index (χ1n) is 18.1. The summed E-state index contributed by atoms with van der Waals surface area (Å²) in [6.07, 6.45) is -2.36. The van der Waals surface area contributed by atoms with Gasteiger partial charge in [-0.05, 0) is 92.0 Å². The van der Waals surface area contributed by atoms with E-state index in [0.29, 0.717) is 36.0 Å². The van der Waals surface area contributed by atoms with Gasteiger partial charge in [-0.2, -0.15) is 28.1 Å². The maximum Gasteiger partial charge on any atom is 0.422 e. The lowest BCUT2D eigenvalue weighted by molar-refractivity contribution is -0.154. The van der Waals surface area contributed by atoms with Gasteiger partial charge in [0.25, 0.3) is 5.91 Å². The molecule has 300 valence electrons. The fourth-order valence-corrected chi connectivity index (χ4v) is 6.28. The number of aryl methyl sites for hydroxylation is 1. The van der Waals surface area contributed by atoms with Gasteiger partial charge in [0.2, 0.25) is 11.9 Å². The smallest absolute Gasteiger partial charge is 0.422 e. The molecule has 2 aliphatic rings. The normalized spacial score (nSPS) is 17.0. The van der Waals surface area contributed by atoms with Crippen LogP contribution in [0.4, 0.5) is 30.8 Å². The van der Waals surface area contributed by atoms with Gasteiger partial charge < -0.3 is 36.1 Å². The third-order valence-electron chi connectivity index (χ3n) is 9.55. The summed E-state index contributed by atoms with van der Waals surface area (Å²) < 4.78 is 48.6. The van der Waals surface area contributed by atoms with Gasteiger partial charge in [0.15, 0.2) is 6.61 Å². The number of amides is 3. The number of aromatic nitrogens is 3. The quantitative estimate of drug-likeness (QED) is 0.0730. The van der Waals surface area contributed by atoms with Crippen molar-refractivity contribution in [2.45, 2.75) is 56.3 Å². The first kappa shape index (κ1) is 40.7. The Kier molecular flexibility index (Phi) is 12.5. The second kappa shape index (κ2) is 17.4. The van der Waals surface area contributed by atoms with E-state index in [9.17, 15) is 32.3 Å². The molecule has 2 aliphatic carbocycles. The zero-order valence-electron chi connectivity index (χ0n) is 30.9. The van der Waals surface area contributed by atoms with E-state index in [1.807, 2.05) is 31.2 Å². The number of rotatable bonds is 16. The lowest BCUT2D eigenvalue weighted by Gasteiger charge is -2.19. The third kappa shape index (κ3) is 11.3. The lowest BCUT2D eigenvalue weighted by Crippen LogP contribution is -2.45. The van der Waals surface area contributed by atoms with Gasteiger partial charge in [-0.1, -0.05) is 53.6 Å². The Morgan fingerprint density at radius 1 is 0.895 bits per heavy atom. The predicted octanol–water partition coefficient (Wildman–Crippen LogP) is 5.32. The van der Waals surface area contributed by atoms with E-state index < -0.39 is 54.1 Å². The predicted molar refractivity (Wildman–Crippen MR) is 203 cm³/mol. The number of carbonyl (C=O) groups is 4. The fraction of sp³-hybridized carbons (Fsp3) is 0.359. The van der Waals surface area contributed by atoms with Crippen molar-refractivity contribution >= 4 is 52.9 Å². The summed E-state index contributed by atoms with van der Waals surface area (Å²) in [5.41, 5.74) is 3.21. The van der Waals surface area contributed by atoms with Gasteiger partial charge in [-0.3, -0.25) is 14.4 Å². The van der Waals surface area contributed by atoms with Crippen LogP contribution in [0.2, 0.25) is 5.02 Å². The number of hydrogen-bond acceptors (Lipinski definition) is 11. The Labute approximate surface area is 330 Å². The first-order chi connectivity index (χ1) is 27.2. The van der Waals surface area contributed by atoms with E-state index in [1.165, 1.54) is 29.8 Å². The molecule has 3 aromatic carbocycles. The number of anilines is 3. The monoisotopic (exact) mass is 808 g/mol. The van der Waals surface area contributed by atoms with Crippen LogP contribution in [0, 0.1) is 12.8 Å². The van der Waals surface area contributed by atoms with E-state index in [4.69, 9.17) is 21.1 Å². The molecule has 0 aliphatic heterocycles. The Morgan fingerprint density at radius 3 is 2.21 bits per heavy atom. The molecule has 0 bridgehead atoms. The van der Waals surface area contributed by atoms with Crippen molar-refractivity contribution in [1.29, 1.82) is 0 Å². The van der Waals surface area contributed by atoms with Crippen LogP contribution in [0.25, 0.3) is 0 Å². The second-order valence-electron chi connectivity index (χ2n) is 13.9. The summed E-state index contributed by atoms with van der Waals surface area (Å²) in [7, 11) is 1.15. The van der Waals surface area contributed by atoms with Crippen molar-refractivity contribution in [3.63, 3.8) is 0 Å². The van der Waals surface area contributed by atoms with Crippen LogP contribution in [0.5, 0.6) is 6.01 Å². The number of carbonyl (C=O) groups excluding carboxylic acids is 4. The van der Waals surface area contributed by atoms with Crippen molar-refractivity contribution < 1.29 is 41.8 Å². The maximum absolute atomic E-state index is 13.1. The molecular formula is C39H40ClF3N8O6. The Bertz CT molecular complexity index is 2080. The Balaban J connectivity index is 1.02. The van der Waals surface area contributed by atoms with E-state index in [0.717, 1.165) is 24.7 Å². The summed E-state index contributed by atoms with van der Waals surface area (Å²) in [5, 5.41) is 14.3. The van der Waals surface area contributed by atoms with Crippen molar-refractivity contribution in [2.24, 2.45) is 5.92 Å². The van der Waals surface area contributed by atoms with Crippen LogP contribution < -0.4 is 31.3 Å². The zero-order valence-corrected chi connectivity index (χ0v) is 31.7. The molecule has 6 rings (SSSR count). The molecule has 5 N–H and O–H groups in total. The first-order valence-corrected chi connectivity index (χ1v) is 18.5. The standard InChI is InChI=1S/C39H40ClF3N8O6/c1-22-3-5-23(6-4-22)29-19-25(29)20-45-33(54)32(53)44-18-15-30(34(55)56-2)47-31(52)24-7-13-28(14-8-24)46-35-48-36(50-37(49-35)57-21-39(41,42)43)51-38(16-17-38)26-9-11-27(40)12-10-26/h3-14,25,29-30H,15-21H2,1-2H3,(H,44,53)(H,45,54)(H,47,52)(H2,46,48,49,50,51)/t25-,29+,30+/m1/s1. The molecule has 0 radical (unpaired) electrons. The van der Waals surface area contributed by atoms with Gasteiger partial charge in [-0.25, -0.2) is 4.79 Å². The van der Waals surface area contributed by atoms with Crippen LogP contribution in [0.3, 0.4) is 0 Å². The number of alkyl halides is 3. The number of methoxy groups -OCH3 is 1. The SMILES string of the molecule is COC(=O)[C@H](CCNC(=O)C(=O)NC[C@H]1C[C@H]1c1ccc(C)cc1)NC(=O)c1ccc(Nc2nc(NC3(c4ccc(Cl)cc4)CC3)nc(OCC(F)(F)F)n2)cc1. The van der Waals surface area contributed by atoms with Gasteiger partial charge >= 0.3 is 30.0 Å². The number of halogens is 4. The van der Waals surface area contributed by atoms with E-state index in [2.05, 4.69) is 53.7 Å². The van der Waals surface area contributed by atoms with Crippen LogP contribution in [-0.2, 0) is 24.7 Å². The zero-order chi connectivity index (χ0) is 40.7. The number of esters is 1. The number of hydrogen-bond donors (Lipinski definition) is 5. The largest absolute Gasteiger partial charge is 0.467 e. The van der Waals surface area contributed by atoms with Crippen LogP contribution >= 0.6 is 11.6 Å². The Hall–Kier alpha value is -5.97. The highest BCUT2D eigenvalue weighted by atomic mass is 35.5. The summed E-state index contributed by atoms with van der Waals surface area (Å²) in [6, 6.07) is 19.5. The molecule has 0 unspecified atom stereocenters. The van der Waals surface area contributed by atoms with E-state index in [-0.39, 0.29) is 36.3 Å². The molecule has 14 nitrogen and oxygen atoms in total. The second-order valence-corrected chi connectivity index (χ2v) is 14.3. The molecule has 1 heterocycles. The minimum absolute atomic E-state index is 0.0240. The van der Waals surface area contributed by atoms with Gasteiger partial charge in [-0.15, -0.1) is 0 Å². The van der Waals surface area contributed by atoms with Gasteiger partial charge in [0.05, 0.1) is 12.6 Å². The minimum Gasteiger partial charge on any atom is -0.467 e. The average molecular weight is 809 g/mol. The minimum atomic E-state index is -4.63. The van der Waals surface area contributed by atoms with E-state index in [1.54, 1.807) is 12.1 Å². The van der Waals surface area contributed by atoms with Crippen LogP contribution in [0.1, 0.15) is 58.6 Å². The van der Waals surface area contributed by atoms with Gasteiger partial charge in [0, 0.05) is 29.4 Å². The van der Waals surface area contributed by atoms with Crippen LogP contribution in [0.15, 0.2) is 72.8 Å². The fourth-order valence-electron chi connectivity index (χ4n) is 6.15. The molecule has 0 spiro atoms. The lowest BCUT2D eigenvalue weighted by atomic mass is 10.1. The Morgan fingerprint density at radius 2 is 1.56 bits per heavy atom. The highest BCUT2D eigenvalue weighted by Gasteiger charge is 2.45. The summed E-state index contributed by atoms with van der Waals surface area (Å²) in [5.74, 6) is -2.64. The number of nitrogens with one attached hydrogen (secondary N) is 5. The molecule has 3 amide bonds. The molecule has 0 saturated heterocycles. The highest BCUT2D eigenvalue weighted by Crippen LogP contribution is 2.48. The van der Waals surface area contributed by atoms with Crippen molar-refractivity contribution in [1.82, 2.24) is 30.9 Å². The molecule has 57 heavy (non-hydrogen) atoms. The third-order valence-corrected chi connectivity index (χ3v) is 9.80. The van der Waals surface area contributed by atoms with Crippen LogP contribution in [-0.4, -0.2) is 77.7 Å². The molecule has 18 heteroatoms. The number of ether oxygens (including phenoxy) is 2. The van der Waals surface area contributed by atoms with Crippen molar-refractivity contribution in [3.05, 3.63) is 100 Å². The molecule has 2 saturated carbocycles. The van der Waals surface area contributed by atoms with E-state index >= 15 is 0 Å². The molecule has 3 atom stereocenters. The average Bonchev–Trinajstić information content (AvgIpc) is 4.13. The molecular weight excluding hydrogens is 769 g/mol. The molecule has 2 fully saturated rings. The van der Waals surface area contributed by atoms with Crippen molar-refractivity contribution in [3.8, 4) is 6.01 Å². The summed E-state index contributed by atoms with van der Waals surface area (Å²) in [4.78, 5) is 62.8. The molecule has 4 aromatic rings. The number of benzene rings is 3. The van der Waals surface area contributed by atoms with Crippen molar-refractivity contribution in [2.75, 3.05) is 37.4 Å². The highest BCUT2D eigenvalue weighted by molar-refractivity contribution is 6.35. The topological polar surface area (TPSA) is 186 Å². The molecule has 1 aromatic heterocycles. The summed E-state index contributed by atoms with van der Waals surface area (Å²) in [6.45, 7) is 0.645.